The first-order chi connectivity index (χ1) is 13.1. The van der Waals surface area contributed by atoms with Gasteiger partial charge in [0.2, 0.25) is 0 Å². The number of amides is 2. The van der Waals surface area contributed by atoms with Crippen molar-refractivity contribution in [2.75, 3.05) is 16.4 Å². The summed E-state index contributed by atoms with van der Waals surface area (Å²) in [5, 5.41) is 20.8. The molecule has 6 nitrogen and oxygen atoms in total. The normalized spacial score (nSPS) is 10.3. The van der Waals surface area contributed by atoms with Crippen LogP contribution in [0, 0.1) is 11.3 Å². The first kappa shape index (κ1) is 18.8. The number of urea groups is 1. The predicted octanol–water partition coefficient (Wildman–Crippen LogP) is 5.15. The van der Waals surface area contributed by atoms with Gasteiger partial charge in [-0.05, 0) is 42.2 Å². The quantitative estimate of drug-likeness (QED) is 0.583. The lowest BCUT2D eigenvalue weighted by atomic mass is 10.3. The Balaban J connectivity index is 1.93. The largest absolute Gasteiger partial charge is 0.324 e. The molecular weight excluding hydrogens is 382 g/mol. The van der Waals surface area contributed by atoms with Crippen molar-refractivity contribution < 1.29 is 4.79 Å². The zero-order valence-electron chi connectivity index (χ0n) is 14.4. The first-order valence-electron chi connectivity index (χ1n) is 8.17. The molecule has 8 heteroatoms. The summed E-state index contributed by atoms with van der Waals surface area (Å²) in [6, 6.07) is 17.8. The van der Waals surface area contributed by atoms with Gasteiger partial charge in [0.15, 0.2) is 5.82 Å². The molecule has 0 aliphatic rings. The summed E-state index contributed by atoms with van der Waals surface area (Å²) in [6.45, 7) is 1.98. The third-order valence-electron chi connectivity index (χ3n) is 3.58. The second-order valence-electron chi connectivity index (χ2n) is 5.41. The van der Waals surface area contributed by atoms with E-state index in [1.54, 1.807) is 28.9 Å². The Labute approximate surface area is 166 Å². The molecule has 0 bridgehead atoms. The number of carbonyl (C=O) groups is 1. The molecule has 0 saturated carbocycles. The van der Waals surface area contributed by atoms with Crippen LogP contribution in [0.25, 0.3) is 5.69 Å². The molecule has 0 spiro atoms. The van der Waals surface area contributed by atoms with Gasteiger partial charge in [0, 0.05) is 10.7 Å². The van der Waals surface area contributed by atoms with Crippen LogP contribution in [0.3, 0.4) is 0 Å². The van der Waals surface area contributed by atoms with Gasteiger partial charge in [-0.15, -0.1) is 11.8 Å². The van der Waals surface area contributed by atoms with Gasteiger partial charge in [-0.25, -0.2) is 9.48 Å². The molecule has 1 aromatic heterocycles. The van der Waals surface area contributed by atoms with Crippen LogP contribution in [0.2, 0.25) is 5.02 Å². The van der Waals surface area contributed by atoms with Crippen LogP contribution in [0.15, 0.2) is 59.6 Å². The first-order valence-corrected chi connectivity index (χ1v) is 9.53. The summed E-state index contributed by atoms with van der Waals surface area (Å²) < 4.78 is 1.57. The molecule has 0 unspecified atom stereocenters. The highest BCUT2D eigenvalue weighted by Gasteiger charge is 2.21. The van der Waals surface area contributed by atoms with Crippen molar-refractivity contribution in [3.8, 4) is 11.8 Å². The van der Waals surface area contributed by atoms with Gasteiger partial charge >= 0.3 is 6.03 Å². The average molecular weight is 398 g/mol. The number of halogens is 1. The topological polar surface area (TPSA) is 82.7 Å². The van der Waals surface area contributed by atoms with Gasteiger partial charge in [-0.2, -0.15) is 10.4 Å². The van der Waals surface area contributed by atoms with E-state index in [1.165, 1.54) is 11.8 Å². The van der Waals surface area contributed by atoms with E-state index in [-0.39, 0.29) is 0 Å². The monoisotopic (exact) mass is 397 g/mol. The van der Waals surface area contributed by atoms with Gasteiger partial charge in [0.25, 0.3) is 0 Å². The van der Waals surface area contributed by atoms with Crippen molar-refractivity contribution in [1.82, 2.24) is 9.78 Å². The van der Waals surface area contributed by atoms with Crippen LogP contribution < -0.4 is 10.6 Å². The fourth-order valence-corrected chi connectivity index (χ4v) is 3.24. The van der Waals surface area contributed by atoms with E-state index >= 15 is 0 Å². The van der Waals surface area contributed by atoms with Crippen molar-refractivity contribution in [3.05, 3.63) is 65.2 Å². The van der Waals surface area contributed by atoms with Gasteiger partial charge in [-0.1, -0.05) is 36.7 Å². The van der Waals surface area contributed by atoms with Gasteiger partial charge in [0.05, 0.1) is 5.69 Å². The molecule has 3 rings (SSSR count). The second kappa shape index (κ2) is 8.62. The summed E-state index contributed by atoms with van der Waals surface area (Å²) in [5.41, 5.74) is 1.67. The van der Waals surface area contributed by atoms with Crippen LogP contribution in [0.5, 0.6) is 0 Å². The molecule has 0 atom stereocenters. The molecular formula is C19H16ClN5OS. The number of anilines is 2. The standard InChI is InChI=1S/C19H16ClN5OS/c1-2-27-18-16(12-21)17(25(24-18)15-6-4-3-5-7-15)23-19(26)22-14-10-8-13(20)9-11-14/h3-11H,2H2,1H3,(H2,22,23,26). The van der Waals surface area contributed by atoms with Crippen molar-refractivity contribution in [2.24, 2.45) is 0 Å². The van der Waals surface area contributed by atoms with Crippen molar-refractivity contribution >= 4 is 40.9 Å². The minimum atomic E-state index is -0.473. The van der Waals surface area contributed by atoms with E-state index in [0.717, 1.165) is 11.4 Å². The molecule has 0 saturated heterocycles. The van der Waals surface area contributed by atoms with Crippen molar-refractivity contribution in [2.45, 2.75) is 11.9 Å². The van der Waals surface area contributed by atoms with Crippen molar-refractivity contribution in [3.63, 3.8) is 0 Å². The lowest BCUT2D eigenvalue weighted by Crippen LogP contribution is -2.21. The Morgan fingerprint density at radius 1 is 1.19 bits per heavy atom. The minimum Gasteiger partial charge on any atom is -0.308 e. The predicted molar refractivity (Wildman–Crippen MR) is 109 cm³/mol. The average Bonchev–Trinajstić information content (AvgIpc) is 3.01. The smallest absolute Gasteiger partial charge is 0.308 e. The number of para-hydroxylation sites is 1. The number of nitrogens with one attached hydrogen (secondary N) is 2. The number of nitrogens with zero attached hydrogens (tertiary/aromatic N) is 3. The number of nitriles is 1. The Bertz CT molecular complexity index is 980. The number of rotatable bonds is 5. The maximum Gasteiger partial charge on any atom is 0.324 e. The SMILES string of the molecule is CCSc1nn(-c2ccccc2)c(NC(=O)Nc2ccc(Cl)cc2)c1C#N. The molecule has 136 valence electrons. The summed E-state index contributed by atoms with van der Waals surface area (Å²) in [4.78, 5) is 12.5. The maximum atomic E-state index is 12.5. The van der Waals surface area contributed by atoms with Crippen LogP contribution in [0.4, 0.5) is 16.3 Å². The maximum absolute atomic E-state index is 12.5. The van der Waals surface area contributed by atoms with Crippen LogP contribution in [-0.4, -0.2) is 21.6 Å². The van der Waals surface area contributed by atoms with Crippen LogP contribution in [-0.2, 0) is 0 Å². The molecule has 0 aliphatic carbocycles. The molecule has 0 aliphatic heterocycles. The van der Waals surface area contributed by atoms with Crippen LogP contribution in [0.1, 0.15) is 12.5 Å². The van der Waals surface area contributed by atoms with E-state index in [1.807, 2.05) is 37.3 Å². The Hall–Kier alpha value is -2.95. The second-order valence-corrected chi connectivity index (χ2v) is 7.10. The molecule has 3 aromatic rings. The Morgan fingerprint density at radius 3 is 2.52 bits per heavy atom. The summed E-state index contributed by atoms with van der Waals surface area (Å²) in [7, 11) is 0. The number of thioether (sulfide) groups is 1. The number of hydrogen-bond acceptors (Lipinski definition) is 4. The Morgan fingerprint density at radius 2 is 1.89 bits per heavy atom. The van der Waals surface area contributed by atoms with E-state index in [4.69, 9.17) is 11.6 Å². The highest BCUT2D eigenvalue weighted by Crippen LogP contribution is 2.30. The van der Waals surface area contributed by atoms with E-state index in [2.05, 4.69) is 21.8 Å². The third-order valence-corrected chi connectivity index (χ3v) is 4.68. The molecule has 2 amide bonds. The summed E-state index contributed by atoms with van der Waals surface area (Å²) in [5.74, 6) is 1.09. The number of carbonyl (C=O) groups excluding carboxylic acids is 1. The minimum absolute atomic E-state index is 0.325. The fourth-order valence-electron chi connectivity index (χ4n) is 2.41. The lowest BCUT2D eigenvalue weighted by Gasteiger charge is -2.10. The van der Waals surface area contributed by atoms with Crippen LogP contribution >= 0.6 is 23.4 Å². The number of benzene rings is 2. The summed E-state index contributed by atoms with van der Waals surface area (Å²) >= 11 is 7.31. The van der Waals surface area contributed by atoms with E-state index in [9.17, 15) is 10.1 Å². The highest BCUT2D eigenvalue weighted by atomic mass is 35.5. The molecule has 2 N–H and O–H groups in total. The molecule has 27 heavy (non-hydrogen) atoms. The molecule has 0 fully saturated rings. The zero-order valence-corrected chi connectivity index (χ0v) is 16.0. The van der Waals surface area contributed by atoms with Gasteiger partial charge in [-0.3, -0.25) is 5.32 Å². The molecule has 0 radical (unpaired) electrons. The van der Waals surface area contributed by atoms with E-state index in [0.29, 0.717) is 27.1 Å². The third kappa shape index (κ3) is 4.42. The number of aromatic nitrogens is 2. The molecule has 2 aromatic carbocycles. The zero-order chi connectivity index (χ0) is 19.2. The number of hydrogen-bond donors (Lipinski definition) is 2. The molecule has 1 heterocycles. The fraction of sp³-hybridized carbons (Fsp3) is 0.105. The highest BCUT2D eigenvalue weighted by molar-refractivity contribution is 7.99. The Kier molecular flexibility index (Phi) is 6.01. The summed E-state index contributed by atoms with van der Waals surface area (Å²) in [6.07, 6.45) is 0. The van der Waals surface area contributed by atoms with Crippen molar-refractivity contribution in [1.29, 1.82) is 5.26 Å². The lowest BCUT2D eigenvalue weighted by molar-refractivity contribution is 0.262. The van der Waals surface area contributed by atoms with E-state index < -0.39 is 6.03 Å². The van der Waals surface area contributed by atoms with Gasteiger partial charge in [0.1, 0.15) is 16.7 Å². The van der Waals surface area contributed by atoms with Gasteiger partial charge < -0.3 is 5.32 Å².